The molecule has 0 aliphatic heterocycles. The molecule has 0 atom stereocenters. The molecule has 19 heavy (non-hydrogen) atoms. The zero-order valence-corrected chi connectivity index (χ0v) is 11.7. The summed E-state index contributed by atoms with van der Waals surface area (Å²) in [7, 11) is 0. The number of para-hydroxylation sites is 2. The minimum Gasteiger partial charge on any atom is -0.490 e. The van der Waals surface area contributed by atoms with Crippen LogP contribution in [0.2, 0.25) is 0 Å². The molecule has 2 aromatic carbocycles. The highest BCUT2D eigenvalue weighted by atomic mass is 32.2. The summed E-state index contributed by atoms with van der Waals surface area (Å²) in [5.41, 5.74) is 6.42. The van der Waals surface area contributed by atoms with E-state index in [-0.39, 0.29) is 0 Å². The van der Waals surface area contributed by atoms with Gasteiger partial charge in [-0.25, -0.2) is 0 Å². The van der Waals surface area contributed by atoms with E-state index < -0.39 is 0 Å². The van der Waals surface area contributed by atoms with Crippen molar-refractivity contribution in [1.29, 1.82) is 0 Å². The minimum absolute atomic E-state index is 0.471. The van der Waals surface area contributed by atoms with Crippen molar-refractivity contribution >= 4 is 17.4 Å². The van der Waals surface area contributed by atoms with Crippen LogP contribution in [0.25, 0.3) is 0 Å². The van der Waals surface area contributed by atoms with E-state index in [0.717, 1.165) is 5.75 Å². The van der Waals surface area contributed by atoms with Gasteiger partial charge in [-0.3, -0.25) is 0 Å². The highest BCUT2D eigenvalue weighted by Crippen LogP contribution is 2.20. The summed E-state index contributed by atoms with van der Waals surface area (Å²) in [5, 5.41) is 0. The Kier molecular flexibility index (Phi) is 4.98. The van der Waals surface area contributed by atoms with Gasteiger partial charge < -0.3 is 15.2 Å². The molecule has 4 heteroatoms. The van der Waals surface area contributed by atoms with E-state index >= 15 is 0 Å². The van der Waals surface area contributed by atoms with Gasteiger partial charge in [0.25, 0.3) is 0 Å². The van der Waals surface area contributed by atoms with E-state index in [1.165, 1.54) is 4.90 Å². The van der Waals surface area contributed by atoms with Crippen LogP contribution < -0.4 is 15.2 Å². The van der Waals surface area contributed by atoms with E-state index in [1.807, 2.05) is 54.8 Å². The number of rotatable bonds is 6. The Morgan fingerprint density at radius 1 is 0.947 bits per heavy atom. The third-order valence-electron chi connectivity index (χ3n) is 2.59. The van der Waals surface area contributed by atoms with Gasteiger partial charge in [-0.15, -0.1) is 11.8 Å². The molecule has 0 bridgehead atoms. The van der Waals surface area contributed by atoms with Crippen molar-refractivity contribution in [3.8, 4) is 11.5 Å². The first-order valence-electron chi connectivity index (χ1n) is 6.04. The quantitative estimate of drug-likeness (QED) is 0.498. The van der Waals surface area contributed by atoms with Gasteiger partial charge in [-0.1, -0.05) is 12.1 Å². The molecule has 3 nitrogen and oxygen atoms in total. The molecule has 0 unspecified atom stereocenters. The Balaban J connectivity index is 1.76. The maximum atomic E-state index is 5.78. The third-order valence-corrected chi connectivity index (χ3v) is 3.33. The molecule has 0 saturated carbocycles. The molecule has 0 heterocycles. The Hall–Kier alpha value is -1.81. The van der Waals surface area contributed by atoms with Crippen molar-refractivity contribution in [3.05, 3.63) is 48.5 Å². The zero-order chi connectivity index (χ0) is 13.5. The standard InChI is InChI=1S/C15H17NO2S/c1-19-13-8-6-12(7-9-13)17-10-11-18-15-5-3-2-4-14(15)16/h2-9H,10-11,16H2,1H3. The maximum absolute atomic E-state index is 5.78. The van der Waals surface area contributed by atoms with Crippen LogP contribution in [0.4, 0.5) is 5.69 Å². The smallest absolute Gasteiger partial charge is 0.142 e. The molecule has 0 fully saturated rings. The Morgan fingerprint density at radius 3 is 2.32 bits per heavy atom. The molecule has 0 radical (unpaired) electrons. The molecule has 0 saturated heterocycles. The van der Waals surface area contributed by atoms with E-state index in [9.17, 15) is 0 Å². The van der Waals surface area contributed by atoms with Crippen LogP contribution in [0.1, 0.15) is 0 Å². The number of hydrogen-bond acceptors (Lipinski definition) is 4. The molecule has 2 aromatic rings. The van der Waals surface area contributed by atoms with Gasteiger partial charge in [0, 0.05) is 4.90 Å². The number of anilines is 1. The predicted octanol–water partition coefficient (Wildman–Crippen LogP) is 3.45. The number of nitrogens with two attached hydrogens (primary N) is 1. The molecule has 0 aliphatic carbocycles. The van der Waals surface area contributed by atoms with Crippen molar-refractivity contribution in [2.24, 2.45) is 0 Å². The van der Waals surface area contributed by atoms with Crippen LogP contribution in [-0.4, -0.2) is 19.5 Å². The first-order valence-corrected chi connectivity index (χ1v) is 7.26. The normalized spacial score (nSPS) is 10.2. The molecule has 0 aromatic heterocycles. The Bertz CT molecular complexity index is 514. The second-order valence-electron chi connectivity index (χ2n) is 3.91. The van der Waals surface area contributed by atoms with E-state index in [4.69, 9.17) is 15.2 Å². The van der Waals surface area contributed by atoms with Crippen molar-refractivity contribution < 1.29 is 9.47 Å². The van der Waals surface area contributed by atoms with Gasteiger partial charge in [-0.05, 0) is 42.7 Å². The highest BCUT2D eigenvalue weighted by molar-refractivity contribution is 7.98. The molecule has 0 amide bonds. The lowest BCUT2D eigenvalue weighted by atomic mass is 10.3. The van der Waals surface area contributed by atoms with Gasteiger partial charge in [-0.2, -0.15) is 0 Å². The Labute approximate surface area is 117 Å². The maximum Gasteiger partial charge on any atom is 0.142 e. The second kappa shape index (κ2) is 6.95. The monoisotopic (exact) mass is 275 g/mol. The number of ether oxygens (including phenoxy) is 2. The van der Waals surface area contributed by atoms with Gasteiger partial charge in [0.05, 0.1) is 5.69 Å². The van der Waals surface area contributed by atoms with Crippen LogP contribution in [0.15, 0.2) is 53.4 Å². The van der Waals surface area contributed by atoms with Crippen molar-refractivity contribution in [2.75, 3.05) is 25.2 Å². The number of thioether (sulfide) groups is 1. The lowest BCUT2D eigenvalue weighted by molar-refractivity contribution is 0.218. The van der Waals surface area contributed by atoms with Crippen LogP contribution in [-0.2, 0) is 0 Å². The fourth-order valence-electron chi connectivity index (χ4n) is 1.60. The summed E-state index contributed by atoms with van der Waals surface area (Å²) in [4.78, 5) is 1.22. The van der Waals surface area contributed by atoms with Crippen molar-refractivity contribution in [2.45, 2.75) is 4.90 Å². The molecule has 0 spiro atoms. The molecular formula is C15H17NO2S. The fourth-order valence-corrected chi connectivity index (χ4v) is 2.00. The van der Waals surface area contributed by atoms with E-state index in [1.54, 1.807) is 11.8 Å². The molecule has 2 rings (SSSR count). The van der Waals surface area contributed by atoms with Gasteiger partial charge in [0.2, 0.25) is 0 Å². The van der Waals surface area contributed by atoms with E-state index in [0.29, 0.717) is 24.7 Å². The van der Waals surface area contributed by atoms with Gasteiger partial charge in [0.1, 0.15) is 24.7 Å². The third kappa shape index (κ3) is 4.10. The van der Waals surface area contributed by atoms with Gasteiger partial charge in [0.15, 0.2) is 0 Å². The van der Waals surface area contributed by atoms with E-state index in [2.05, 4.69) is 0 Å². The lowest BCUT2D eigenvalue weighted by Gasteiger charge is -2.10. The largest absolute Gasteiger partial charge is 0.490 e. The first-order chi connectivity index (χ1) is 9.29. The molecule has 100 valence electrons. The fraction of sp³-hybridized carbons (Fsp3) is 0.200. The van der Waals surface area contributed by atoms with Crippen LogP contribution >= 0.6 is 11.8 Å². The van der Waals surface area contributed by atoms with Crippen LogP contribution in [0.5, 0.6) is 11.5 Å². The lowest BCUT2D eigenvalue weighted by Crippen LogP contribution is -2.09. The topological polar surface area (TPSA) is 44.5 Å². The van der Waals surface area contributed by atoms with Crippen LogP contribution in [0.3, 0.4) is 0 Å². The van der Waals surface area contributed by atoms with Crippen molar-refractivity contribution in [3.63, 3.8) is 0 Å². The zero-order valence-electron chi connectivity index (χ0n) is 10.8. The second-order valence-corrected chi connectivity index (χ2v) is 4.79. The van der Waals surface area contributed by atoms with Gasteiger partial charge >= 0.3 is 0 Å². The summed E-state index contributed by atoms with van der Waals surface area (Å²) in [5.74, 6) is 1.55. The SMILES string of the molecule is CSc1ccc(OCCOc2ccccc2N)cc1. The summed E-state index contributed by atoms with van der Waals surface area (Å²) < 4.78 is 11.1. The number of hydrogen-bond donors (Lipinski definition) is 1. The Morgan fingerprint density at radius 2 is 1.63 bits per heavy atom. The molecular weight excluding hydrogens is 258 g/mol. The minimum atomic E-state index is 0.471. The predicted molar refractivity (Wildman–Crippen MR) is 80.1 cm³/mol. The molecule has 2 N–H and O–H groups in total. The average molecular weight is 275 g/mol. The summed E-state index contributed by atoms with van der Waals surface area (Å²) in [6.45, 7) is 0.964. The van der Waals surface area contributed by atoms with Crippen LogP contribution in [0, 0.1) is 0 Å². The molecule has 0 aliphatic rings. The van der Waals surface area contributed by atoms with Crippen molar-refractivity contribution in [1.82, 2.24) is 0 Å². The number of benzene rings is 2. The summed E-state index contributed by atoms with van der Waals surface area (Å²) in [6, 6.07) is 15.4. The summed E-state index contributed by atoms with van der Waals surface area (Å²) in [6.07, 6.45) is 2.05. The first kappa shape index (κ1) is 13.6. The summed E-state index contributed by atoms with van der Waals surface area (Å²) >= 11 is 1.71. The number of nitrogen functional groups attached to an aromatic ring is 1. The highest BCUT2D eigenvalue weighted by Gasteiger charge is 1.99. The average Bonchev–Trinajstić information content (AvgIpc) is 2.46.